The van der Waals surface area contributed by atoms with Crippen molar-refractivity contribution in [3.05, 3.63) is 47.5 Å². The van der Waals surface area contributed by atoms with E-state index in [0.29, 0.717) is 10.1 Å². The summed E-state index contributed by atoms with van der Waals surface area (Å²) in [6.45, 7) is 5.33. The third kappa shape index (κ3) is 4.49. The number of carbonyl (C=O) groups is 1. The Morgan fingerprint density at radius 2 is 1.78 bits per heavy atom. The lowest BCUT2D eigenvalue weighted by Gasteiger charge is -2.21. The quantitative estimate of drug-likeness (QED) is 0.658. The van der Waals surface area contributed by atoms with Crippen molar-refractivity contribution < 1.29 is 13.2 Å². The highest BCUT2D eigenvalue weighted by Gasteiger charge is 2.29. The van der Waals surface area contributed by atoms with Gasteiger partial charge in [-0.25, -0.2) is 8.42 Å². The molecule has 2 aromatic carbocycles. The number of hydrogen-bond acceptors (Lipinski definition) is 6. The average Bonchev–Trinajstić information content (AvgIpc) is 3.03. The van der Waals surface area contributed by atoms with Gasteiger partial charge in [0.05, 0.1) is 4.90 Å². The monoisotopic (exact) mass is 404 g/mol. The number of carbonyl (C=O) groups excluding carboxylic acids is 1. The third-order valence-corrected chi connectivity index (χ3v) is 6.21. The standard InChI is InChI=1S/C18H20N4O3S2/c1-11(2)16(17(23)19-18-21-20-12(3)26-18)22-27(24,25)15-9-8-13-6-4-5-7-14(13)10-15/h4-11,16,22H,1-3H3,(H,19,21,23). The molecule has 27 heavy (non-hydrogen) atoms. The van der Waals surface area contributed by atoms with Crippen LogP contribution in [0.2, 0.25) is 0 Å². The zero-order valence-corrected chi connectivity index (χ0v) is 16.8. The molecule has 0 saturated heterocycles. The molecule has 3 rings (SSSR count). The summed E-state index contributed by atoms with van der Waals surface area (Å²) in [6, 6.07) is 11.4. The van der Waals surface area contributed by atoms with Gasteiger partial charge in [-0.15, -0.1) is 10.2 Å². The lowest BCUT2D eigenvalue weighted by Crippen LogP contribution is -2.47. The van der Waals surface area contributed by atoms with Gasteiger partial charge in [0.2, 0.25) is 21.1 Å². The van der Waals surface area contributed by atoms with Crippen LogP contribution in [-0.2, 0) is 14.8 Å². The fourth-order valence-electron chi connectivity index (χ4n) is 2.59. The van der Waals surface area contributed by atoms with Crippen molar-refractivity contribution in [3.63, 3.8) is 0 Å². The van der Waals surface area contributed by atoms with Crippen LogP contribution in [0.5, 0.6) is 0 Å². The van der Waals surface area contributed by atoms with Gasteiger partial charge in [0.15, 0.2) is 0 Å². The molecule has 1 atom stereocenters. The lowest BCUT2D eigenvalue weighted by molar-refractivity contribution is -0.118. The zero-order chi connectivity index (χ0) is 19.6. The molecule has 0 radical (unpaired) electrons. The van der Waals surface area contributed by atoms with Gasteiger partial charge < -0.3 is 0 Å². The minimum atomic E-state index is -3.87. The minimum Gasteiger partial charge on any atom is -0.299 e. The summed E-state index contributed by atoms with van der Waals surface area (Å²) < 4.78 is 28.2. The van der Waals surface area contributed by atoms with Gasteiger partial charge in [-0.3, -0.25) is 10.1 Å². The van der Waals surface area contributed by atoms with E-state index in [1.165, 1.54) is 17.4 Å². The average molecular weight is 405 g/mol. The van der Waals surface area contributed by atoms with Crippen molar-refractivity contribution in [2.75, 3.05) is 5.32 Å². The summed E-state index contributed by atoms with van der Waals surface area (Å²) in [5, 5.41) is 13.1. The van der Waals surface area contributed by atoms with Gasteiger partial charge in [-0.2, -0.15) is 4.72 Å². The summed E-state index contributed by atoms with van der Waals surface area (Å²) in [4.78, 5) is 12.7. The largest absolute Gasteiger partial charge is 0.299 e. The second-order valence-corrected chi connectivity index (χ2v) is 9.36. The maximum Gasteiger partial charge on any atom is 0.244 e. The van der Waals surface area contributed by atoms with Crippen LogP contribution in [0.3, 0.4) is 0 Å². The van der Waals surface area contributed by atoms with Gasteiger partial charge in [-0.05, 0) is 35.7 Å². The summed E-state index contributed by atoms with van der Waals surface area (Å²) in [6.07, 6.45) is 0. The van der Waals surface area contributed by atoms with Crippen molar-refractivity contribution >= 4 is 43.2 Å². The van der Waals surface area contributed by atoms with E-state index in [9.17, 15) is 13.2 Å². The van der Waals surface area contributed by atoms with E-state index in [1.54, 1.807) is 32.9 Å². The molecule has 0 aliphatic heterocycles. The van der Waals surface area contributed by atoms with E-state index >= 15 is 0 Å². The first-order chi connectivity index (χ1) is 12.8. The van der Waals surface area contributed by atoms with Crippen molar-refractivity contribution in [3.8, 4) is 0 Å². The zero-order valence-electron chi connectivity index (χ0n) is 15.1. The Morgan fingerprint density at radius 1 is 1.07 bits per heavy atom. The molecule has 0 saturated carbocycles. The molecule has 0 fully saturated rings. The normalized spacial score (nSPS) is 13.0. The number of sulfonamides is 1. The predicted molar refractivity (Wildman–Crippen MR) is 106 cm³/mol. The van der Waals surface area contributed by atoms with E-state index < -0.39 is 22.0 Å². The van der Waals surface area contributed by atoms with Crippen LogP contribution in [0.15, 0.2) is 47.4 Å². The third-order valence-electron chi connectivity index (χ3n) is 4.02. The Bertz CT molecular complexity index is 1080. The van der Waals surface area contributed by atoms with Crippen LogP contribution < -0.4 is 10.0 Å². The number of benzene rings is 2. The molecular weight excluding hydrogens is 384 g/mol. The van der Waals surface area contributed by atoms with Gasteiger partial charge in [0.25, 0.3) is 0 Å². The highest BCUT2D eigenvalue weighted by atomic mass is 32.2. The van der Waals surface area contributed by atoms with Crippen LogP contribution in [0, 0.1) is 12.8 Å². The topological polar surface area (TPSA) is 101 Å². The van der Waals surface area contributed by atoms with E-state index in [2.05, 4.69) is 20.2 Å². The number of nitrogens with zero attached hydrogens (tertiary/aromatic N) is 2. The number of fused-ring (bicyclic) bond motifs is 1. The fourth-order valence-corrected chi connectivity index (χ4v) is 4.57. The second kappa shape index (κ2) is 7.71. The first kappa shape index (κ1) is 19.4. The maximum atomic E-state index is 12.8. The number of aryl methyl sites for hydroxylation is 1. The minimum absolute atomic E-state index is 0.117. The SMILES string of the molecule is Cc1nnc(NC(=O)C(NS(=O)(=O)c2ccc3ccccc3c2)C(C)C)s1. The first-order valence-electron chi connectivity index (χ1n) is 8.38. The molecule has 0 aliphatic carbocycles. The van der Waals surface area contributed by atoms with Crippen LogP contribution in [-0.4, -0.2) is 30.6 Å². The first-order valence-corrected chi connectivity index (χ1v) is 10.7. The van der Waals surface area contributed by atoms with Gasteiger partial charge in [0, 0.05) is 0 Å². The molecule has 7 nitrogen and oxygen atoms in total. The Kier molecular flexibility index (Phi) is 5.54. The Hall–Kier alpha value is -2.36. The highest BCUT2D eigenvalue weighted by Crippen LogP contribution is 2.20. The molecule has 1 amide bonds. The van der Waals surface area contributed by atoms with Gasteiger partial charge in [-0.1, -0.05) is 55.5 Å². The predicted octanol–water partition coefficient (Wildman–Crippen LogP) is 2.94. The number of aromatic nitrogens is 2. The smallest absolute Gasteiger partial charge is 0.244 e. The number of amides is 1. The summed E-state index contributed by atoms with van der Waals surface area (Å²) >= 11 is 1.23. The molecular formula is C18H20N4O3S2. The molecule has 0 bridgehead atoms. The molecule has 1 heterocycles. The Labute approximate surface area is 161 Å². The molecule has 2 N–H and O–H groups in total. The van der Waals surface area contributed by atoms with Crippen LogP contribution in [0.1, 0.15) is 18.9 Å². The van der Waals surface area contributed by atoms with Gasteiger partial charge in [0.1, 0.15) is 11.0 Å². The Morgan fingerprint density at radius 3 is 2.41 bits per heavy atom. The summed E-state index contributed by atoms with van der Waals surface area (Å²) in [7, 11) is -3.87. The van der Waals surface area contributed by atoms with E-state index in [4.69, 9.17) is 0 Å². The van der Waals surface area contributed by atoms with Crippen molar-refractivity contribution in [2.45, 2.75) is 31.7 Å². The van der Waals surface area contributed by atoms with Crippen molar-refractivity contribution in [1.29, 1.82) is 0 Å². The second-order valence-electron chi connectivity index (χ2n) is 6.47. The van der Waals surface area contributed by atoms with Crippen molar-refractivity contribution in [1.82, 2.24) is 14.9 Å². The molecule has 0 spiro atoms. The van der Waals surface area contributed by atoms with Crippen molar-refractivity contribution in [2.24, 2.45) is 5.92 Å². The summed E-state index contributed by atoms with van der Waals surface area (Å²) in [5.74, 6) is -0.722. The molecule has 142 valence electrons. The van der Waals surface area contributed by atoms with Crippen LogP contribution in [0.25, 0.3) is 10.8 Å². The molecule has 1 unspecified atom stereocenters. The fraction of sp³-hybridized carbons (Fsp3) is 0.278. The number of anilines is 1. The van der Waals surface area contributed by atoms with E-state index in [-0.39, 0.29) is 10.8 Å². The van der Waals surface area contributed by atoms with E-state index in [1.807, 2.05) is 24.3 Å². The number of hydrogen-bond donors (Lipinski definition) is 2. The molecule has 9 heteroatoms. The highest BCUT2D eigenvalue weighted by molar-refractivity contribution is 7.89. The number of nitrogens with one attached hydrogen (secondary N) is 2. The maximum absolute atomic E-state index is 12.8. The molecule has 3 aromatic rings. The van der Waals surface area contributed by atoms with Crippen LogP contribution in [0.4, 0.5) is 5.13 Å². The van der Waals surface area contributed by atoms with E-state index in [0.717, 1.165) is 10.8 Å². The van der Waals surface area contributed by atoms with Crippen LogP contribution >= 0.6 is 11.3 Å². The Balaban J connectivity index is 1.84. The number of rotatable bonds is 6. The molecule has 1 aromatic heterocycles. The summed E-state index contributed by atoms with van der Waals surface area (Å²) in [5.41, 5.74) is 0. The molecule has 0 aliphatic rings. The van der Waals surface area contributed by atoms with Gasteiger partial charge >= 0.3 is 0 Å². The lowest BCUT2D eigenvalue weighted by atomic mass is 10.1.